The molecule has 0 heterocycles. The molecule has 0 atom stereocenters. The summed E-state index contributed by atoms with van der Waals surface area (Å²) in [4.78, 5) is 0. The fraction of sp³-hybridized carbons (Fsp3) is 0. The lowest BCUT2D eigenvalue weighted by atomic mass is 9.86. The zero-order chi connectivity index (χ0) is 17.6. The van der Waals surface area contributed by atoms with Crippen LogP contribution in [0.3, 0.4) is 0 Å². The molecule has 4 aromatic rings. The van der Waals surface area contributed by atoms with Crippen LogP contribution in [0.5, 0.6) is 0 Å². The average molecular weight is 350 g/mol. The van der Waals surface area contributed by atoms with Crippen molar-refractivity contribution < 1.29 is 5.48 Å². The molecule has 4 aromatic carbocycles. The van der Waals surface area contributed by atoms with Crippen LogP contribution in [0.4, 0.5) is 0 Å². The maximum absolute atomic E-state index is 2.19. The molecule has 0 radical (unpaired) electrons. The molecular formula is C26H22O. The first-order valence-electron chi connectivity index (χ1n) is 8.89. The van der Waals surface area contributed by atoms with Gasteiger partial charge in [-0.15, -0.1) is 0 Å². The molecule has 1 heteroatoms. The van der Waals surface area contributed by atoms with Gasteiger partial charge in [-0.1, -0.05) is 121 Å². The van der Waals surface area contributed by atoms with Crippen LogP contribution in [0, 0.1) is 0 Å². The van der Waals surface area contributed by atoms with Crippen LogP contribution in [0.15, 0.2) is 121 Å². The Kier molecular flexibility index (Phi) is 5.98. The van der Waals surface area contributed by atoms with Crippen LogP contribution in [0.25, 0.3) is 11.1 Å². The predicted octanol–water partition coefficient (Wildman–Crippen LogP) is 5.87. The molecule has 132 valence electrons. The van der Waals surface area contributed by atoms with Gasteiger partial charge in [-0.3, -0.25) is 0 Å². The van der Waals surface area contributed by atoms with E-state index in [-0.39, 0.29) is 5.48 Å². The molecule has 0 aliphatic rings. The standard InChI is InChI=1S/C26H20.H2O/c1-5-13-21(14-6-1)25(22-15-7-2-8-16-22)26(23-17-9-3-10-18-23)24-19-11-4-12-20-24;/h1-20H;1H2. The Morgan fingerprint density at radius 1 is 0.296 bits per heavy atom. The predicted molar refractivity (Wildman–Crippen MR) is 114 cm³/mol. The summed E-state index contributed by atoms with van der Waals surface area (Å²) in [6.45, 7) is 0. The zero-order valence-electron chi connectivity index (χ0n) is 15.0. The summed E-state index contributed by atoms with van der Waals surface area (Å²) in [6, 6.07) is 42.6. The first-order valence-corrected chi connectivity index (χ1v) is 8.89. The Morgan fingerprint density at radius 2 is 0.481 bits per heavy atom. The third-order valence-corrected chi connectivity index (χ3v) is 4.50. The van der Waals surface area contributed by atoms with E-state index in [1.54, 1.807) is 0 Å². The van der Waals surface area contributed by atoms with E-state index in [1.807, 2.05) is 0 Å². The van der Waals surface area contributed by atoms with Crippen molar-refractivity contribution >= 4 is 11.1 Å². The van der Waals surface area contributed by atoms with Gasteiger partial charge in [0.25, 0.3) is 0 Å². The second-order valence-electron chi connectivity index (χ2n) is 6.21. The van der Waals surface area contributed by atoms with Gasteiger partial charge in [0.2, 0.25) is 0 Å². The Balaban J connectivity index is 0.00000210. The van der Waals surface area contributed by atoms with E-state index in [9.17, 15) is 0 Å². The van der Waals surface area contributed by atoms with E-state index in [2.05, 4.69) is 121 Å². The van der Waals surface area contributed by atoms with Gasteiger partial charge in [0.05, 0.1) is 0 Å². The highest BCUT2D eigenvalue weighted by atomic mass is 16.0. The van der Waals surface area contributed by atoms with Gasteiger partial charge < -0.3 is 5.48 Å². The van der Waals surface area contributed by atoms with E-state index in [0.717, 1.165) is 0 Å². The molecule has 27 heavy (non-hydrogen) atoms. The van der Waals surface area contributed by atoms with Crippen molar-refractivity contribution in [1.82, 2.24) is 0 Å². The third kappa shape index (κ3) is 4.05. The lowest BCUT2D eigenvalue weighted by Crippen LogP contribution is -1.97. The van der Waals surface area contributed by atoms with Crippen molar-refractivity contribution in [3.05, 3.63) is 144 Å². The Labute approximate surface area is 160 Å². The first-order chi connectivity index (χ1) is 12.9. The van der Waals surface area contributed by atoms with Gasteiger partial charge in [0.15, 0.2) is 0 Å². The minimum absolute atomic E-state index is 0. The quantitative estimate of drug-likeness (QED) is 0.412. The summed E-state index contributed by atoms with van der Waals surface area (Å²) < 4.78 is 0. The van der Waals surface area contributed by atoms with Gasteiger partial charge >= 0.3 is 0 Å². The smallest absolute Gasteiger partial charge is 0.00268 e. The fourth-order valence-electron chi connectivity index (χ4n) is 3.33. The first kappa shape index (κ1) is 18.4. The van der Waals surface area contributed by atoms with Crippen molar-refractivity contribution in [1.29, 1.82) is 0 Å². The van der Waals surface area contributed by atoms with E-state index in [4.69, 9.17) is 0 Å². The molecule has 1 nitrogen and oxygen atoms in total. The summed E-state index contributed by atoms with van der Waals surface area (Å²) in [7, 11) is 0. The largest absolute Gasteiger partial charge is 0.412 e. The average Bonchev–Trinajstić information content (AvgIpc) is 2.74. The molecular weight excluding hydrogens is 328 g/mol. The van der Waals surface area contributed by atoms with Crippen LogP contribution in [0.1, 0.15) is 22.3 Å². The molecule has 0 amide bonds. The van der Waals surface area contributed by atoms with Gasteiger partial charge in [0, 0.05) is 0 Å². The van der Waals surface area contributed by atoms with E-state index < -0.39 is 0 Å². The molecule has 0 bridgehead atoms. The van der Waals surface area contributed by atoms with Crippen LogP contribution in [-0.4, -0.2) is 5.48 Å². The molecule has 0 spiro atoms. The van der Waals surface area contributed by atoms with E-state index >= 15 is 0 Å². The number of hydrogen-bond acceptors (Lipinski definition) is 0. The van der Waals surface area contributed by atoms with Gasteiger partial charge in [-0.2, -0.15) is 0 Å². The summed E-state index contributed by atoms with van der Waals surface area (Å²) in [5.74, 6) is 0. The minimum Gasteiger partial charge on any atom is -0.412 e. The molecule has 4 rings (SSSR count). The van der Waals surface area contributed by atoms with Gasteiger partial charge in [-0.05, 0) is 33.4 Å². The second kappa shape index (κ2) is 8.79. The highest BCUT2D eigenvalue weighted by Gasteiger charge is 2.15. The topological polar surface area (TPSA) is 31.5 Å². The van der Waals surface area contributed by atoms with Crippen LogP contribution in [0.2, 0.25) is 0 Å². The molecule has 0 saturated carbocycles. The number of rotatable bonds is 4. The summed E-state index contributed by atoms with van der Waals surface area (Å²) in [6.07, 6.45) is 0. The maximum atomic E-state index is 2.19. The molecule has 0 aliphatic carbocycles. The zero-order valence-corrected chi connectivity index (χ0v) is 15.0. The minimum atomic E-state index is 0. The summed E-state index contributed by atoms with van der Waals surface area (Å²) >= 11 is 0. The van der Waals surface area contributed by atoms with Crippen molar-refractivity contribution in [3.63, 3.8) is 0 Å². The molecule has 0 aromatic heterocycles. The second-order valence-corrected chi connectivity index (χ2v) is 6.21. The number of hydrogen-bond donors (Lipinski definition) is 0. The lowest BCUT2D eigenvalue weighted by molar-refractivity contribution is 0.824. The Bertz CT molecular complexity index is 821. The molecule has 0 aliphatic heterocycles. The SMILES string of the molecule is O.c1ccc(C(=C(c2ccccc2)c2ccccc2)c2ccccc2)cc1. The van der Waals surface area contributed by atoms with Gasteiger partial charge in [0.1, 0.15) is 0 Å². The maximum Gasteiger partial charge on any atom is -0.00268 e. The summed E-state index contributed by atoms with van der Waals surface area (Å²) in [5.41, 5.74) is 7.40. The Hall–Kier alpha value is -3.42. The van der Waals surface area contributed by atoms with Crippen LogP contribution in [-0.2, 0) is 0 Å². The monoisotopic (exact) mass is 350 g/mol. The van der Waals surface area contributed by atoms with E-state index in [0.29, 0.717) is 0 Å². The summed E-state index contributed by atoms with van der Waals surface area (Å²) in [5, 5.41) is 0. The molecule has 0 unspecified atom stereocenters. The number of benzene rings is 4. The van der Waals surface area contributed by atoms with Crippen molar-refractivity contribution in [2.45, 2.75) is 0 Å². The Morgan fingerprint density at radius 3 is 0.667 bits per heavy atom. The molecule has 0 saturated heterocycles. The highest BCUT2D eigenvalue weighted by Crippen LogP contribution is 2.36. The normalized spacial score (nSPS) is 9.93. The van der Waals surface area contributed by atoms with Crippen molar-refractivity contribution in [2.24, 2.45) is 0 Å². The molecule has 0 fully saturated rings. The van der Waals surface area contributed by atoms with Gasteiger partial charge in [-0.25, -0.2) is 0 Å². The molecule has 2 N–H and O–H groups in total. The van der Waals surface area contributed by atoms with E-state index in [1.165, 1.54) is 33.4 Å². The van der Waals surface area contributed by atoms with Crippen LogP contribution < -0.4 is 0 Å². The van der Waals surface area contributed by atoms with Crippen molar-refractivity contribution in [2.75, 3.05) is 0 Å². The van der Waals surface area contributed by atoms with Crippen molar-refractivity contribution in [3.8, 4) is 0 Å². The lowest BCUT2D eigenvalue weighted by Gasteiger charge is -2.18. The third-order valence-electron chi connectivity index (χ3n) is 4.50. The fourth-order valence-corrected chi connectivity index (χ4v) is 3.33. The highest BCUT2D eigenvalue weighted by molar-refractivity contribution is 6.04. The van der Waals surface area contributed by atoms with Crippen LogP contribution >= 0.6 is 0 Å².